The van der Waals surface area contributed by atoms with Gasteiger partial charge in [-0.1, -0.05) is 18.2 Å². The van der Waals surface area contributed by atoms with Crippen molar-refractivity contribution in [1.82, 2.24) is 10.6 Å². The Kier molecular flexibility index (Phi) is 4.09. The van der Waals surface area contributed by atoms with Crippen LogP contribution in [0.3, 0.4) is 0 Å². The fourth-order valence-corrected chi connectivity index (χ4v) is 2.40. The van der Waals surface area contributed by atoms with Crippen molar-refractivity contribution in [2.45, 2.75) is 25.0 Å². The van der Waals surface area contributed by atoms with Crippen molar-refractivity contribution in [2.24, 2.45) is 0 Å². The molecule has 0 spiro atoms. The van der Waals surface area contributed by atoms with E-state index in [2.05, 4.69) is 10.6 Å². The molecule has 0 aromatic heterocycles. The Balaban J connectivity index is 0.00000120. The summed E-state index contributed by atoms with van der Waals surface area (Å²) in [4.78, 5) is 12.0. The second-order valence-electron chi connectivity index (χ2n) is 4.62. The molecule has 1 fully saturated rings. The van der Waals surface area contributed by atoms with E-state index < -0.39 is 0 Å². The minimum atomic E-state index is -0.354. The first-order chi connectivity index (χ1) is 8.33. The first-order valence-electron chi connectivity index (χ1n) is 6.08. The monoisotopic (exact) mass is 268 g/mol. The van der Waals surface area contributed by atoms with Crippen molar-refractivity contribution in [3.8, 4) is 5.75 Å². The number of rotatable bonds is 2. The van der Waals surface area contributed by atoms with Crippen molar-refractivity contribution < 1.29 is 9.53 Å². The molecule has 2 unspecified atom stereocenters. The van der Waals surface area contributed by atoms with Crippen LogP contribution in [0.4, 0.5) is 0 Å². The fourth-order valence-electron chi connectivity index (χ4n) is 2.40. The molecule has 1 amide bonds. The van der Waals surface area contributed by atoms with Gasteiger partial charge in [-0.05, 0) is 24.6 Å². The van der Waals surface area contributed by atoms with Crippen LogP contribution in [-0.4, -0.2) is 31.1 Å². The first kappa shape index (κ1) is 13.2. The van der Waals surface area contributed by atoms with Gasteiger partial charge in [-0.15, -0.1) is 12.4 Å². The number of carbonyl (C=O) groups excluding carboxylic acids is 1. The van der Waals surface area contributed by atoms with Crippen LogP contribution in [0.5, 0.6) is 5.75 Å². The van der Waals surface area contributed by atoms with Gasteiger partial charge in [-0.25, -0.2) is 0 Å². The molecule has 2 N–H and O–H groups in total. The Morgan fingerprint density at radius 2 is 2.22 bits per heavy atom. The van der Waals surface area contributed by atoms with E-state index >= 15 is 0 Å². The van der Waals surface area contributed by atoms with Gasteiger partial charge in [0.25, 0.3) is 5.91 Å². The molecule has 0 bridgehead atoms. The largest absolute Gasteiger partial charge is 0.480 e. The molecule has 3 rings (SSSR count). The lowest BCUT2D eigenvalue weighted by molar-refractivity contribution is -0.127. The van der Waals surface area contributed by atoms with Gasteiger partial charge in [-0.3, -0.25) is 4.79 Å². The second-order valence-corrected chi connectivity index (χ2v) is 4.62. The number of amides is 1. The van der Waals surface area contributed by atoms with E-state index in [1.165, 1.54) is 0 Å². The van der Waals surface area contributed by atoms with Gasteiger partial charge in [-0.2, -0.15) is 0 Å². The molecule has 0 aliphatic carbocycles. The summed E-state index contributed by atoms with van der Waals surface area (Å²) in [5.41, 5.74) is 1.12. The lowest BCUT2D eigenvalue weighted by Gasteiger charge is -2.15. The van der Waals surface area contributed by atoms with E-state index in [9.17, 15) is 4.79 Å². The van der Waals surface area contributed by atoms with Gasteiger partial charge >= 0.3 is 0 Å². The molecule has 98 valence electrons. The number of ether oxygens (including phenoxy) is 1. The molecule has 1 aromatic carbocycles. The molecule has 1 saturated heterocycles. The second kappa shape index (κ2) is 5.59. The number of benzene rings is 1. The topological polar surface area (TPSA) is 50.4 Å². The molecule has 2 atom stereocenters. The van der Waals surface area contributed by atoms with Crippen LogP contribution in [0, 0.1) is 0 Å². The maximum absolute atomic E-state index is 12.0. The number of para-hydroxylation sites is 1. The van der Waals surface area contributed by atoms with Crippen molar-refractivity contribution in [3.05, 3.63) is 29.8 Å². The Labute approximate surface area is 113 Å². The molecular weight excluding hydrogens is 252 g/mol. The minimum Gasteiger partial charge on any atom is -0.480 e. The summed E-state index contributed by atoms with van der Waals surface area (Å²) in [6.45, 7) is 1.85. The van der Waals surface area contributed by atoms with Crippen LogP contribution in [-0.2, 0) is 11.2 Å². The number of hydrogen-bond acceptors (Lipinski definition) is 3. The zero-order chi connectivity index (χ0) is 11.7. The van der Waals surface area contributed by atoms with E-state index in [1.807, 2.05) is 24.3 Å². The third-order valence-electron chi connectivity index (χ3n) is 3.35. The molecule has 4 nitrogen and oxygen atoms in total. The van der Waals surface area contributed by atoms with Crippen LogP contribution >= 0.6 is 12.4 Å². The Hall–Kier alpha value is -1.26. The molecule has 0 radical (unpaired) electrons. The maximum Gasteiger partial charge on any atom is 0.261 e. The van der Waals surface area contributed by atoms with Crippen molar-refractivity contribution in [3.63, 3.8) is 0 Å². The quantitative estimate of drug-likeness (QED) is 0.838. The average Bonchev–Trinajstić information content (AvgIpc) is 2.96. The van der Waals surface area contributed by atoms with Crippen molar-refractivity contribution >= 4 is 18.3 Å². The summed E-state index contributed by atoms with van der Waals surface area (Å²) < 4.78 is 5.65. The number of halogens is 1. The zero-order valence-electron chi connectivity index (χ0n) is 10.0. The molecule has 2 aliphatic rings. The molecule has 18 heavy (non-hydrogen) atoms. The van der Waals surface area contributed by atoms with Crippen LogP contribution in [0.15, 0.2) is 24.3 Å². The van der Waals surface area contributed by atoms with Gasteiger partial charge in [0, 0.05) is 19.0 Å². The van der Waals surface area contributed by atoms with Crippen LogP contribution in [0.1, 0.15) is 12.0 Å². The van der Waals surface area contributed by atoms with Gasteiger partial charge in [0.05, 0.1) is 0 Å². The summed E-state index contributed by atoms with van der Waals surface area (Å²) in [6.07, 6.45) is 1.33. The Morgan fingerprint density at radius 3 is 2.94 bits per heavy atom. The van der Waals surface area contributed by atoms with Gasteiger partial charge in [0.2, 0.25) is 0 Å². The normalized spacial score (nSPS) is 24.9. The average molecular weight is 269 g/mol. The third-order valence-corrected chi connectivity index (χ3v) is 3.35. The minimum absolute atomic E-state index is 0. The number of nitrogens with one attached hydrogen (secondary N) is 2. The van der Waals surface area contributed by atoms with Gasteiger partial charge in [0.15, 0.2) is 6.10 Å². The van der Waals surface area contributed by atoms with E-state index in [4.69, 9.17) is 4.74 Å². The third kappa shape index (κ3) is 2.60. The van der Waals surface area contributed by atoms with Crippen LogP contribution in [0.25, 0.3) is 0 Å². The van der Waals surface area contributed by atoms with E-state index in [-0.39, 0.29) is 30.5 Å². The standard InChI is InChI=1S/C13H16N2O2.ClH/c16-13(15-10-5-6-14-8-10)12-7-9-3-1-2-4-11(9)17-12;/h1-4,10,12,14H,5-8H2,(H,15,16);1H. The highest BCUT2D eigenvalue weighted by Gasteiger charge is 2.30. The molecular formula is C13H17ClN2O2. The molecule has 5 heteroatoms. The fraction of sp³-hybridized carbons (Fsp3) is 0.462. The van der Waals surface area contributed by atoms with E-state index in [0.717, 1.165) is 30.8 Å². The summed E-state index contributed by atoms with van der Waals surface area (Å²) in [6, 6.07) is 8.10. The summed E-state index contributed by atoms with van der Waals surface area (Å²) >= 11 is 0. The van der Waals surface area contributed by atoms with Crippen molar-refractivity contribution in [1.29, 1.82) is 0 Å². The molecule has 2 heterocycles. The van der Waals surface area contributed by atoms with Gasteiger partial charge in [0.1, 0.15) is 5.75 Å². The van der Waals surface area contributed by atoms with Crippen LogP contribution in [0.2, 0.25) is 0 Å². The molecule has 0 saturated carbocycles. The van der Waals surface area contributed by atoms with E-state index in [1.54, 1.807) is 0 Å². The highest BCUT2D eigenvalue weighted by molar-refractivity contribution is 5.85. The predicted octanol–water partition coefficient (Wildman–Crippen LogP) is 0.890. The van der Waals surface area contributed by atoms with Crippen LogP contribution < -0.4 is 15.4 Å². The SMILES string of the molecule is Cl.O=C(NC1CCNC1)C1Cc2ccccc2O1. The van der Waals surface area contributed by atoms with E-state index in [0.29, 0.717) is 6.42 Å². The highest BCUT2D eigenvalue weighted by Crippen LogP contribution is 2.28. The number of fused-ring (bicyclic) bond motifs is 1. The summed E-state index contributed by atoms with van der Waals surface area (Å²) in [5.74, 6) is 0.854. The summed E-state index contributed by atoms with van der Waals surface area (Å²) in [5, 5.41) is 6.26. The molecule has 1 aromatic rings. The maximum atomic E-state index is 12.0. The number of hydrogen-bond donors (Lipinski definition) is 2. The predicted molar refractivity (Wildman–Crippen MR) is 71.2 cm³/mol. The summed E-state index contributed by atoms with van der Waals surface area (Å²) in [7, 11) is 0. The molecule has 2 aliphatic heterocycles. The highest BCUT2D eigenvalue weighted by atomic mass is 35.5. The first-order valence-corrected chi connectivity index (χ1v) is 6.08. The lowest BCUT2D eigenvalue weighted by atomic mass is 10.1. The lowest BCUT2D eigenvalue weighted by Crippen LogP contribution is -2.44. The number of carbonyl (C=O) groups is 1. The zero-order valence-corrected chi connectivity index (χ0v) is 10.8. The van der Waals surface area contributed by atoms with Gasteiger partial charge < -0.3 is 15.4 Å². The smallest absolute Gasteiger partial charge is 0.261 e. The van der Waals surface area contributed by atoms with Crippen molar-refractivity contribution in [2.75, 3.05) is 13.1 Å². The Bertz CT molecular complexity index is 408. The Morgan fingerprint density at radius 1 is 1.39 bits per heavy atom.